The van der Waals surface area contributed by atoms with E-state index in [1.54, 1.807) is 18.2 Å². The minimum absolute atomic E-state index is 0.179. The molecule has 2 aliphatic heterocycles. The summed E-state index contributed by atoms with van der Waals surface area (Å²) in [4.78, 5) is 23.0. The number of rotatable bonds is 2. The number of carbonyl (C=O) groups excluding carboxylic acids is 2. The Morgan fingerprint density at radius 3 is 2.76 bits per heavy atom. The summed E-state index contributed by atoms with van der Waals surface area (Å²) in [5.41, 5.74) is 3.21. The van der Waals surface area contributed by atoms with Gasteiger partial charge in [0.2, 0.25) is 5.91 Å². The zero-order valence-electron chi connectivity index (χ0n) is 11.3. The number of nitrogens with one attached hydrogen (secondary N) is 2. The van der Waals surface area contributed by atoms with Crippen LogP contribution < -0.4 is 20.2 Å². The third kappa shape index (κ3) is 3.13. The van der Waals surface area contributed by atoms with E-state index in [0.29, 0.717) is 42.5 Å². The second-order valence-corrected chi connectivity index (χ2v) is 4.76. The number of carbonyl (C=O) groups is 2. The first kappa shape index (κ1) is 13.4. The number of ether oxygens (including phenoxy) is 2. The molecule has 0 radical (unpaired) electrons. The molecule has 110 valence electrons. The number of amides is 2. The minimum Gasteiger partial charge on any atom is -0.490 e. The number of hydrogen-bond acceptors (Lipinski definition) is 5. The van der Waals surface area contributed by atoms with Crippen LogP contribution in [0.3, 0.4) is 0 Å². The van der Waals surface area contributed by atoms with Gasteiger partial charge in [-0.3, -0.25) is 9.59 Å². The topological polar surface area (TPSA) is 89.0 Å². The SMILES string of the molecule is O=C1CCC(C(=O)Nc2ccc3c(c2)OCCCO3)=NN1. The molecule has 1 aromatic rings. The highest BCUT2D eigenvalue weighted by molar-refractivity contribution is 6.43. The van der Waals surface area contributed by atoms with Gasteiger partial charge in [0.05, 0.1) is 13.2 Å². The number of hydrogen-bond donors (Lipinski definition) is 2. The van der Waals surface area contributed by atoms with Crippen molar-refractivity contribution >= 4 is 23.2 Å². The van der Waals surface area contributed by atoms with Crippen LogP contribution in [0.4, 0.5) is 5.69 Å². The fourth-order valence-corrected chi connectivity index (χ4v) is 2.08. The largest absolute Gasteiger partial charge is 0.490 e. The van der Waals surface area contributed by atoms with Gasteiger partial charge in [-0.05, 0) is 12.1 Å². The van der Waals surface area contributed by atoms with Crippen LogP contribution in [0.25, 0.3) is 0 Å². The maximum absolute atomic E-state index is 12.0. The van der Waals surface area contributed by atoms with Gasteiger partial charge in [-0.1, -0.05) is 0 Å². The molecule has 2 heterocycles. The highest BCUT2D eigenvalue weighted by atomic mass is 16.5. The molecular weight excluding hydrogens is 274 g/mol. The lowest BCUT2D eigenvalue weighted by Crippen LogP contribution is -2.32. The van der Waals surface area contributed by atoms with Crippen molar-refractivity contribution in [3.63, 3.8) is 0 Å². The van der Waals surface area contributed by atoms with Crippen LogP contribution in [-0.2, 0) is 9.59 Å². The Hall–Kier alpha value is -2.57. The van der Waals surface area contributed by atoms with Crippen LogP contribution in [-0.4, -0.2) is 30.7 Å². The first-order valence-corrected chi connectivity index (χ1v) is 6.79. The normalized spacial score (nSPS) is 17.3. The van der Waals surface area contributed by atoms with E-state index < -0.39 is 0 Å². The Bertz CT molecular complexity index is 612. The molecule has 0 aromatic heterocycles. The molecule has 2 amide bonds. The van der Waals surface area contributed by atoms with Crippen LogP contribution in [0.2, 0.25) is 0 Å². The second kappa shape index (κ2) is 5.82. The summed E-state index contributed by atoms with van der Waals surface area (Å²) in [5, 5.41) is 6.50. The van der Waals surface area contributed by atoms with Crippen molar-refractivity contribution in [2.45, 2.75) is 19.3 Å². The number of anilines is 1. The van der Waals surface area contributed by atoms with Crippen molar-refractivity contribution in [1.29, 1.82) is 0 Å². The molecule has 3 rings (SSSR count). The minimum atomic E-state index is -0.329. The molecular formula is C14H15N3O4. The van der Waals surface area contributed by atoms with Crippen molar-refractivity contribution in [1.82, 2.24) is 5.43 Å². The molecule has 7 heteroatoms. The molecule has 0 saturated heterocycles. The van der Waals surface area contributed by atoms with E-state index in [4.69, 9.17) is 9.47 Å². The van der Waals surface area contributed by atoms with E-state index in [2.05, 4.69) is 15.8 Å². The molecule has 2 N–H and O–H groups in total. The molecule has 21 heavy (non-hydrogen) atoms. The fraction of sp³-hybridized carbons (Fsp3) is 0.357. The Labute approximate surface area is 121 Å². The van der Waals surface area contributed by atoms with Gasteiger partial charge in [0.1, 0.15) is 5.71 Å². The zero-order valence-corrected chi connectivity index (χ0v) is 11.3. The van der Waals surface area contributed by atoms with Crippen LogP contribution in [0, 0.1) is 0 Å². The average molecular weight is 289 g/mol. The molecule has 1 aromatic carbocycles. The lowest BCUT2D eigenvalue weighted by atomic mass is 10.1. The molecule has 0 unspecified atom stereocenters. The predicted octanol–water partition coefficient (Wildman–Crippen LogP) is 1.05. The van der Waals surface area contributed by atoms with Gasteiger partial charge in [0, 0.05) is 31.0 Å². The molecule has 0 fully saturated rings. The third-order valence-electron chi connectivity index (χ3n) is 3.17. The standard InChI is InChI=1S/C14H15N3O4/c18-13-5-3-10(16-17-13)14(19)15-9-2-4-11-12(8-9)21-7-1-6-20-11/h2,4,8H,1,3,5-7H2,(H,15,19)(H,17,18). The van der Waals surface area contributed by atoms with Crippen LogP contribution in [0.1, 0.15) is 19.3 Å². The Balaban J connectivity index is 1.71. The van der Waals surface area contributed by atoms with Gasteiger partial charge in [-0.2, -0.15) is 5.10 Å². The smallest absolute Gasteiger partial charge is 0.271 e. The van der Waals surface area contributed by atoms with Crippen LogP contribution in [0.15, 0.2) is 23.3 Å². The summed E-state index contributed by atoms with van der Waals surface area (Å²) in [5.74, 6) is 0.781. The van der Waals surface area contributed by atoms with Crippen molar-refractivity contribution in [2.24, 2.45) is 5.10 Å². The molecule has 0 spiro atoms. The van der Waals surface area contributed by atoms with Gasteiger partial charge in [0.25, 0.3) is 5.91 Å². The van der Waals surface area contributed by atoms with Crippen molar-refractivity contribution in [3.05, 3.63) is 18.2 Å². The summed E-state index contributed by atoms with van der Waals surface area (Å²) in [7, 11) is 0. The summed E-state index contributed by atoms with van der Waals surface area (Å²) < 4.78 is 11.1. The van der Waals surface area contributed by atoms with Gasteiger partial charge >= 0.3 is 0 Å². The number of benzene rings is 1. The summed E-state index contributed by atoms with van der Waals surface area (Å²) in [6, 6.07) is 5.23. The maximum Gasteiger partial charge on any atom is 0.271 e. The summed E-state index contributed by atoms with van der Waals surface area (Å²) >= 11 is 0. The summed E-state index contributed by atoms with van der Waals surface area (Å²) in [6.07, 6.45) is 1.43. The molecule has 0 bridgehead atoms. The van der Waals surface area contributed by atoms with E-state index >= 15 is 0 Å². The van der Waals surface area contributed by atoms with Crippen molar-refractivity contribution < 1.29 is 19.1 Å². The highest BCUT2D eigenvalue weighted by Gasteiger charge is 2.19. The molecule has 7 nitrogen and oxygen atoms in total. The Morgan fingerprint density at radius 1 is 1.19 bits per heavy atom. The first-order valence-electron chi connectivity index (χ1n) is 6.79. The summed E-state index contributed by atoms with van der Waals surface area (Å²) in [6.45, 7) is 1.21. The zero-order chi connectivity index (χ0) is 14.7. The molecule has 2 aliphatic rings. The van der Waals surface area contributed by atoms with Crippen LogP contribution >= 0.6 is 0 Å². The van der Waals surface area contributed by atoms with E-state index in [-0.39, 0.29) is 18.2 Å². The Kier molecular flexibility index (Phi) is 3.72. The lowest BCUT2D eigenvalue weighted by Gasteiger charge is -2.13. The fourth-order valence-electron chi connectivity index (χ4n) is 2.08. The van der Waals surface area contributed by atoms with Gasteiger partial charge in [-0.15, -0.1) is 0 Å². The first-order chi connectivity index (χ1) is 10.2. The van der Waals surface area contributed by atoms with Crippen LogP contribution in [0.5, 0.6) is 11.5 Å². The van der Waals surface area contributed by atoms with Crippen molar-refractivity contribution in [3.8, 4) is 11.5 Å². The van der Waals surface area contributed by atoms with E-state index in [9.17, 15) is 9.59 Å². The van der Waals surface area contributed by atoms with E-state index in [1.807, 2.05) is 0 Å². The molecule has 0 aliphatic carbocycles. The Morgan fingerprint density at radius 2 is 2.00 bits per heavy atom. The lowest BCUT2D eigenvalue weighted by molar-refractivity contribution is -0.121. The second-order valence-electron chi connectivity index (χ2n) is 4.76. The quantitative estimate of drug-likeness (QED) is 0.851. The number of hydrazone groups is 1. The van der Waals surface area contributed by atoms with E-state index in [1.165, 1.54) is 0 Å². The molecule has 0 saturated carbocycles. The highest BCUT2D eigenvalue weighted by Crippen LogP contribution is 2.32. The molecule has 0 atom stereocenters. The van der Waals surface area contributed by atoms with Gasteiger partial charge < -0.3 is 14.8 Å². The monoisotopic (exact) mass is 289 g/mol. The van der Waals surface area contributed by atoms with Crippen molar-refractivity contribution in [2.75, 3.05) is 18.5 Å². The number of fused-ring (bicyclic) bond motifs is 1. The number of nitrogens with zero attached hydrogens (tertiary/aromatic N) is 1. The predicted molar refractivity (Wildman–Crippen MR) is 75.5 cm³/mol. The maximum atomic E-state index is 12.0. The van der Waals surface area contributed by atoms with Gasteiger partial charge in [0.15, 0.2) is 11.5 Å². The third-order valence-corrected chi connectivity index (χ3v) is 3.17. The van der Waals surface area contributed by atoms with Gasteiger partial charge in [-0.25, -0.2) is 5.43 Å². The van der Waals surface area contributed by atoms with E-state index in [0.717, 1.165) is 6.42 Å². The average Bonchev–Trinajstić information content (AvgIpc) is 2.72.